The maximum Gasteiger partial charge on any atom is 0.232 e. The molecule has 0 radical (unpaired) electrons. The fourth-order valence-electron chi connectivity index (χ4n) is 4.38. The summed E-state index contributed by atoms with van der Waals surface area (Å²) < 4.78 is 13.2. The van der Waals surface area contributed by atoms with E-state index >= 15 is 0 Å². The third kappa shape index (κ3) is 4.60. The van der Waals surface area contributed by atoms with Crippen LogP contribution in [0.4, 0.5) is 10.2 Å². The zero-order valence-corrected chi connectivity index (χ0v) is 18.4. The Morgan fingerprint density at radius 3 is 2.68 bits per heavy atom. The number of hydrogen-bond acceptors (Lipinski definition) is 4. The van der Waals surface area contributed by atoms with E-state index in [9.17, 15) is 14.0 Å². The zero-order chi connectivity index (χ0) is 22.1. The fourth-order valence-corrected chi connectivity index (χ4v) is 4.38. The molecule has 0 bridgehead atoms. The molecule has 0 saturated carbocycles. The molecule has 2 aliphatic rings. The summed E-state index contributed by atoms with van der Waals surface area (Å²) in [5.74, 6) is 1.79. The van der Waals surface area contributed by atoms with Gasteiger partial charge in [0.15, 0.2) is 0 Å². The highest BCUT2D eigenvalue weighted by Gasteiger charge is 2.34. The van der Waals surface area contributed by atoms with Crippen LogP contribution in [0.1, 0.15) is 55.3 Å². The molecule has 1 aromatic heterocycles. The standard InChI is InChI=1S/C24H29FN4O2/c1-15(2)12-21(30)28-10-9-18(14-28)23-26-16(3)20-13-22(31)29(24(20)27-23)11-8-17-4-6-19(25)7-5-17/h4-7,15,18H,8-14H2,1-3H3/t18-/m1/s1. The number of hydrogen-bond donors (Lipinski definition) is 0. The van der Waals surface area contributed by atoms with Gasteiger partial charge in [-0.3, -0.25) is 14.5 Å². The second kappa shape index (κ2) is 8.73. The van der Waals surface area contributed by atoms with Crippen molar-refractivity contribution >= 4 is 17.6 Å². The average Bonchev–Trinajstić information content (AvgIpc) is 3.32. The topological polar surface area (TPSA) is 66.4 Å². The van der Waals surface area contributed by atoms with Crippen molar-refractivity contribution in [1.82, 2.24) is 14.9 Å². The van der Waals surface area contributed by atoms with Crippen LogP contribution in [0.2, 0.25) is 0 Å². The van der Waals surface area contributed by atoms with E-state index in [1.165, 1.54) is 12.1 Å². The van der Waals surface area contributed by atoms with E-state index in [0.717, 1.165) is 35.6 Å². The van der Waals surface area contributed by atoms with E-state index in [-0.39, 0.29) is 23.5 Å². The van der Waals surface area contributed by atoms with E-state index in [1.807, 2.05) is 11.8 Å². The number of anilines is 1. The zero-order valence-electron chi connectivity index (χ0n) is 18.4. The van der Waals surface area contributed by atoms with Gasteiger partial charge in [-0.05, 0) is 43.4 Å². The first-order valence-corrected chi connectivity index (χ1v) is 11.0. The van der Waals surface area contributed by atoms with Gasteiger partial charge in [0.1, 0.15) is 17.5 Å². The summed E-state index contributed by atoms with van der Waals surface area (Å²) >= 11 is 0. The van der Waals surface area contributed by atoms with Gasteiger partial charge in [0.25, 0.3) is 0 Å². The first-order chi connectivity index (χ1) is 14.8. The molecule has 0 spiro atoms. The predicted molar refractivity (Wildman–Crippen MR) is 116 cm³/mol. The molecule has 164 valence electrons. The largest absolute Gasteiger partial charge is 0.342 e. The number of carbonyl (C=O) groups is 2. The first-order valence-electron chi connectivity index (χ1n) is 11.0. The van der Waals surface area contributed by atoms with E-state index < -0.39 is 0 Å². The SMILES string of the molecule is Cc1nc([C@@H]2CCN(C(=O)CC(C)C)C2)nc2c1CC(=O)N2CCc1ccc(F)cc1. The van der Waals surface area contributed by atoms with Crippen molar-refractivity contribution in [3.63, 3.8) is 0 Å². The van der Waals surface area contributed by atoms with Crippen LogP contribution in [0.5, 0.6) is 0 Å². The van der Waals surface area contributed by atoms with Crippen molar-refractivity contribution in [3.05, 3.63) is 52.7 Å². The van der Waals surface area contributed by atoms with Crippen LogP contribution in [-0.2, 0) is 22.4 Å². The van der Waals surface area contributed by atoms with Gasteiger partial charge in [-0.25, -0.2) is 14.4 Å². The number of nitrogens with zero attached hydrogens (tertiary/aromatic N) is 4. The Kier molecular flexibility index (Phi) is 6.03. The molecule has 7 heteroatoms. The Balaban J connectivity index is 1.50. The van der Waals surface area contributed by atoms with Crippen molar-refractivity contribution in [3.8, 4) is 0 Å². The lowest BCUT2D eigenvalue weighted by molar-refractivity contribution is -0.130. The third-order valence-electron chi connectivity index (χ3n) is 6.12. The molecule has 31 heavy (non-hydrogen) atoms. The molecule has 2 amide bonds. The summed E-state index contributed by atoms with van der Waals surface area (Å²) in [6.45, 7) is 7.89. The number of likely N-dealkylation sites (tertiary alicyclic amines) is 1. The summed E-state index contributed by atoms with van der Waals surface area (Å²) in [5, 5.41) is 0. The van der Waals surface area contributed by atoms with Gasteiger partial charge in [-0.2, -0.15) is 0 Å². The number of carbonyl (C=O) groups excluding carboxylic acids is 2. The molecule has 2 aliphatic heterocycles. The summed E-state index contributed by atoms with van der Waals surface area (Å²) in [6.07, 6.45) is 2.34. The number of aromatic nitrogens is 2. The highest BCUT2D eigenvalue weighted by Crippen LogP contribution is 2.33. The molecule has 0 N–H and O–H groups in total. The van der Waals surface area contributed by atoms with Crippen LogP contribution in [-0.4, -0.2) is 46.3 Å². The summed E-state index contributed by atoms with van der Waals surface area (Å²) in [7, 11) is 0. The second-order valence-corrected chi connectivity index (χ2v) is 8.99. The van der Waals surface area contributed by atoms with Crippen LogP contribution in [0.3, 0.4) is 0 Å². The second-order valence-electron chi connectivity index (χ2n) is 8.99. The van der Waals surface area contributed by atoms with Gasteiger partial charge in [0.05, 0.1) is 6.42 Å². The Labute approximate surface area is 182 Å². The minimum Gasteiger partial charge on any atom is -0.342 e. The minimum absolute atomic E-state index is 0.0202. The molecule has 6 nitrogen and oxygen atoms in total. The summed E-state index contributed by atoms with van der Waals surface area (Å²) in [4.78, 5) is 38.3. The molecule has 2 aromatic rings. The lowest BCUT2D eigenvalue weighted by atomic mass is 10.1. The number of benzene rings is 1. The Hall–Kier alpha value is -2.83. The molecule has 0 unspecified atom stereocenters. The smallest absolute Gasteiger partial charge is 0.232 e. The van der Waals surface area contributed by atoms with Crippen LogP contribution >= 0.6 is 0 Å². The maximum atomic E-state index is 13.2. The van der Waals surface area contributed by atoms with Gasteiger partial charge in [-0.15, -0.1) is 0 Å². The predicted octanol–water partition coefficient (Wildman–Crippen LogP) is 3.42. The Morgan fingerprint density at radius 2 is 1.97 bits per heavy atom. The van der Waals surface area contributed by atoms with Gasteiger partial charge in [0, 0.05) is 43.2 Å². The number of rotatable bonds is 6. The van der Waals surface area contributed by atoms with Crippen molar-refractivity contribution in [2.75, 3.05) is 24.5 Å². The number of fused-ring (bicyclic) bond motifs is 1. The Bertz CT molecular complexity index is 990. The van der Waals surface area contributed by atoms with Gasteiger partial charge in [0.2, 0.25) is 11.8 Å². The van der Waals surface area contributed by atoms with Crippen LogP contribution < -0.4 is 4.90 Å². The third-order valence-corrected chi connectivity index (χ3v) is 6.12. The quantitative estimate of drug-likeness (QED) is 0.713. The van der Waals surface area contributed by atoms with Gasteiger partial charge in [-0.1, -0.05) is 26.0 Å². The molecule has 0 aliphatic carbocycles. The molecule has 1 saturated heterocycles. The first kappa shape index (κ1) is 21.4. The average molecular weight is 425 g/mol. The molecular weight excluding hydrogens is 395 g/mol. The normalized spacial score (nSPS) is 18.2. The lowest BCUT2D eigenvalue weighted by Crippen LogP contribution is -2.30. The highest BCUT2D eigenvalue weighted by molar-refractivity contribution is 6.00. The molecule has 1 fully saturated rings. The van der Waals surface area contributed by atoms with Gasteiger partial charge >= 0.3 is 0 Å². The van der Waals surface area contributed by atoms with Crippen molar-refractivity contribution in [2.45, 2.75) is 52.4 Å². The maximum absolute atomic E-state index is 13.2. The highest BCUT2D eigenvalue weighted by atomic mass is 19.1. The van der Waals surface area contributed by atoms with E-state index in [4.69, 9.17) is 9.97 Å². The van der Waals surface area contributed by atoms with Crippen molar-refractivity contribution in [1.29, 1.82) is 0 Å². The molecule has 4 rings (SSSR count). The van der Waals surface area contributed by atoms with E-state index in [2.05, 4.69) is 13.8 Å². The number of amides is 2. The molecule has 3 heterocycles. The van der Waals surface area contributed by atoms with Crippen LogP contribution in [0, 0.1) is 18.7 Å². The van der Waals surface area contributed by atoms with Gasteiger partial charge < -0.3 is 4.90 Å². The number of aryl methyl sites for hydroxylation is 1. The van der Waals surface area contributed by atoms with Crippen molar-refractivity contribution in [2.24, 2.45) is 5.92 Å². The fraction of sp³-hybridized carbons (Fsp3) is 0.500. The molecule has 1 aromatic carbocycles. The molecule has 1 atom stereocenters. The minimum atomic E-state index is -0.267. The van der Waals surface area contributed by atoms with E-state index in [0.29, 0.717) is 44.1 Å². The number of halogens is 1. The van der Waals surface area contributed by atoms with E-state index in [1.54, 1.807) is 17.0 Å². The summed E-state index contributed by atoms with van der Waals surface area (Å²) in [5.41, 5.74) is 2.70. The monoisotopic (exact) mass is 424 g/mol. The van der Waals surface area contributed by atoms with Crippen LogP contribution in [0.15, 0.2) is 24.3 Å². The lowest BCUT2D eigenvalue weighted by Gasteiger charge is -2.19. The summed E-state index contributed by atoms with van der Waals surface area (Å²) in [6, 6.07) is 6.36. The molecular formula is C24H29FN4O2. The van der Waals surface area contributed by atoms with Crippen LogP contribution in [0.25, 0.3) is 0 Å². The van der Waals surface area contributed by atoms with Crippen molar-refractivity contribution < 1.29 is 14.0 Å². The Morgan fingerprint density at radius 1 is 1.23 bits per heavy atom.